The summed E-state index contributed by atoms with van der Waals surface area (Å²) in [6, 6.07) is 19.0. The number of amidine groups is 1. The molecule has 0 radical (unpaired) electrons. The highest BCUT2D eigenvalue weighted by molar-refractivity contribution is 14.1. The zero-order chi connectivity index (χ0) is 50.9. The van der Waals surface area contributed by atoms with Crippen LogP contribution < -0.4 is 22.5 Å². The van der Waals surface area contributed by atoms with Crippen molar-refractivity contribution in [2.75, 3.05) is 17.2 Å². The van der Waals surface area contributed by atoms with E-state index in [1.165, 1.54) is 26.3 Å². The van der Waals surface area contributed by atoms with E-state index in [9.17, 15) is 24.0 Å². The predicted molar refractivity (Wildman–Crippen MR) is 287 cm³/mol. The van der Waals surface area contributed by atoms with E-state index >= 15 is 0 Å². The molecule has 0 bridgehead atoms. The number of aryl methyl sites for hydroxylation is 5. The van der Waals surface area contributed by atoms with Crippen LogP contribution in [0.3, 0.4) is 0 Å². The van der Waals surface area contributed by atoms with E-state index in [2.05, 4.69) is 109 Å². The van der Waals surface area contributed by atoms with Crippen molar-refractivity contribution >= 4 is 136 Å². The van der Waals surface area contributed by atoms with Crippen LogP contribution in [0, 0.1) is 26.4 Å². The molecule has 0 aliphatic carbocycles. The van der Waals surface area contributed by atoms with Gasteiger partial charge in [0.1, 0.15) is 11.6 Å². The molecule has 15 nitrogen and oxygen atoms in total. The third kappa shape index (κ3) is 18.0. The Morgan fingerprint density at radius 2 is 1.25 bits per heavy atom. The van der Waals surface area contributed by atoms with E-state index in [0.29, 0.717) is 56.2 Å². The number of aliphatic carboxylic acids is 1. The third-order valence-corrected chi connectivity index (χ3v) is 11.9. The normalized spacial score (nSPS) is 10.1. The monoisotopic (exact) mass is 1220 g/mol. The molecular weight excluding hydrogens is 1170 g/mol. The van der Waals surface area contributed by atoms with Gasteiger partial charge in [0.25, 0.3) is 5.89 Å². The first kappa shape index (κ1) is 57.8. The van der Waals surface area contributed by atoms with Crippen molar-refractivity contribution in [2.24, 2.45) is 0 Å². The molecule has 2 aromatic heterocycles. The van der Waals surface area contributed by atoms with Crippen LogP contribution in [0.25, 0.3) is 22.4 Å². The van der Waals surface area contributed by atoms with Crippen LogP contribution in [0.5, 0.6) is 0 Å². The molecule has 0 spiro atoms. The number of nitrogens with two attached hydrogens (primary N) is 3. The van der Waals surface area contributed by atoms with E-state index < -0.39 is 18.3 Å². The van der Waals surface area contributed by atoms with Crippen LogP contribution >= 0.6 is 72.7 Å². The zero-order valence-corrected chi connectivity index (χ0v) is 45.2. The van der Waals surface area contributed by atoms with Crippen LogP contribution in [0.15, 0.2) is 69.7 Å². The molecule has 0 saturated heterocycles. The topological polar surface area (TPSA) is 271 Å². The number of ketones is 3. The van der Waals surface area contributed by atoms with Gasteiger partial charge in [0.2, 0.25) is 5.91 Å². The van der Waals surface area contributed by atoms with Crippen LogP contribution in [0.4, 0.5) is 17.1 Å². The summed E-state index contributed by atoms with van der Waals surface area (Å²) in [6.07, 6.45) is 2.25. The number of carbonyl (C=O) groups excluding carboxylic acids is 4. The minimum Gasteiger partial charge on any atom is -0.481 e. The average molecular weight is 1220 g/mol. The zero-order valence-electron chi connectivity index (χ0n) is 38.6. The number of fused-ring (bicyclic) bond motifs is 1. The lowest BCUT2D eigenvalue weighted by Crippen LogP contribution is -2.29. The van der Waals surface area contributed by atoms with E-state index in [4.69, 9.17) is 43.8 Å². The van der Waals surface area contributed by atoms with Gasteiger partial charge in [0, 0.05) is 45.1 Å². The molecule has 0 unspecified atom stereocenters. The number of benzene rings is 4. The van der Waals surface area contributed by atoms with Gasteiger partial charge in [0.15, 0.2) is 23.2 Å². The summed E-state index contributed by atoms with van der Waals surface area (Å²) in [5.74, 6) is -0.860. The molecule has 0 aliphatic heterocycles. The highest BCUT2D eigenvalue weighted by Gasteiger charge is 2.19. The van der Waals surface area contributed by atoms with Crippen molar-refractivity contribution in [3.63, 3.8) is 0 Å². The maximum absolute atomic E-state index is 11.2. The van der Waals surface area contributed by atoms with Gasteiger partial charge in [-0.25, -0.2) is 4.98 Å². The number of hydrogen-bond acceptors (Lipinski definition) is 13. The maximum atomic E-state index is 11.2. The van der Waals surface area contributed by atoms with Crippen molar-refractivity contribution in [3.05, 3.63) is 122 Å². The number of aromatic nitrogens is 3. The average Bonchev–Trinajstić information content (AvgIpc) is 3.68. The highest BCUT2D eigenvalue weighted by atomic mass is 127. The number of nitrogen functional groups attached to an aromatic ring is 3. The number of hydrogen-bond donors (Lipinski definition) is 6. The number of carboxylic acid groups (broad SMARTS) is 1. The number of Topliss-reactive ketones (excluding diaryl/α,β-unsaturated/α-hetero) is 3. The molecule has 0 aliphatic rings. The summed E-state index contributed by atoms with van der Waals surface area (Å²) in [5.41, 5.74) is 26.7. The van der Waals surface area contributed by atoms with Crippen LogP contribution in [-0.2, 0) is 28.9 Å². The Balaban J connectivity index is 0.000000298. The highest BCUT2D eigenvalue weighted by Crippen LogP contribution is 2.35. The van der Waals surface area contributed by atoms with Crippen molar-refractivity contribution in [1.29, 1.82) is 5.41 Å². The Hall–Kier alpha value is -5.32. The number of halogens is 4. The fraction of sp³-hybridized carbons (Fsp3) is 0.271. The first-order chi connectivity index (χ1) is 31.3. The van der Waals surface area contributed by atoms with Gasteiger partial charge in [-0.3, -0.25) is 29.4 Å². The van der Waals surface area contributed by atoms with Crippen LogP contribution in [0.1, 0.15) is 114 Å². The third-order valence-electron chi connectivity index (χ3n) is 9.38. The summed E-state index contributed by atoms with van der Waals surface area (Å²) in [5, 5.41) is 22.2. The second-order valence-electron chi connectivity index (χ2n) is 14.7. The van der Waals surface area contributed by atoms with Crippen molar-refractivity contribution in [2.45, 2.75) is 88.0 Å². The second-order valence-corrected chi connectivity index (χ2v) is 18.3. The largest absolute Gasteiger partial charge is 0.481 e. The molecular formula is C48H54BrClI2N8O7. The summed E-state index contributed by atoms with van der Waals surface area (Å²) in [6.45, 7) is 16.0. The van der Waals surface area contributed by atoms with Crippen LogP contribution in [-0.4, -0.2) is 55.3 Å². The Bertz CT molecular complexity index is 2780. The fourth-order valence-corrected chi connectivity index (χ4v) is 8.04. The van der Waals surface area contributed by atoms with Gasteiger partial charge in [0.05, 0.1) is 22.6 Å². The van der Waals surface area contributed by atoms with Crippen molar-refractivity contribution in [1.82, 2.24) is 20.4 Å². The van der Waals surface area contributed by atoms with Gasteiger partial charge in [-0.1, -0.05) is 59.5 Å². The first-order valence-corrected chi connectivity index (χ1v) is 23.9. The molecule has 0 fully saturated rings. The minimum atomic E-state index is -1.20. The molecule has 0 atom stereocenters. The predicted octanol–water partition coefficient (Wildman–Crippen LogP) is 11.2. The molecule has 356 valence electrons. The van der Waals surface area contributed by atoms with E-state index in [-0.39, 0.29) is 23.2 Å². The molecule has 1 amide bonds. The Morgan fingerprint density at radius 3 is 1.73 bits per heavy atom. The number of rotatable bonds is 9. The number of anilines is 3. The number of nitrogens with one attached hydrogen (secondary N) is 2. The van der Waals surface area contributed by atoms with Crippen molar-refractivity contribution in [3.8, 4) is 11.5 Å². The van der Waals surface area contributed by atoms with Gasteiger partial charge in [-0.15, -0.1) is 0 Å². The van der Waals surface area contributed by atoms with E-state index in [0.717, 1.165) is 58.5 Å². The molecule has 4 aromatic carbocycles. The van der Waals surface area contributed by atoms with Crippen molar-refractivity contribution < 1.29 is 33.6 Å². The van der Waals surface area contributed by atoms with E-state index in [1.807, 2.05) is 42.6 Å². The van der Waals surface area contributed by atoms with Gasteiger partial charge in [-0.2, -0.15) is 4.98 Å². The molecule has 2 heterocycles. The maximum Gasteiger partial charge on any atom is 0.312 e. The van der Waals surface area contributed by atoms with E-state index in [1.54, 1.807) is 32.0 Å². The lowest BCUT2D eigenvalue weighted by molar-refractivity contribution is -0.140. The van der Waals surface area contributed by atoms with Gasteiger partial charge >= 0.3 is 5.97 Å². The summed E-state index contributed by atoms with van der Waals surface area (Å²) in [4.78, 5) is 62.3. The molecule has 6 rings (SSSR count). The first-order valence-electron chi connectivity index (χ1n) is 20.5. The lowest BCUT2D eigenvalue weighted by Gasteiger charge is -2.11. The molecule has 6 aromatic rings. The quantitative estimate of drug-likeness (QED) is 0.0150. The number of amides is 1. The smallest absolute Gasteiger partial charge is 0.312 e. The Morgan fingerprint density at radius 1 is 0.746 bits per heavy atom. The molecule has 0 saturated carbocycles. The van der Waals surface area contributed by atoms with Gasteiger partial charge in [-0.05, 0) is 183 Å². The van der Waals surface area contributed by atoms with Crippen LogP contribution in [0.2, 0.25) is 5.15 Å². The molecule has 19 heteroatoms. The summed E-state index contributed by atoms with van der Waals surface area (Å²) in [7, 11) is 0. The fourth-order valence-electron chi connectivity index (χ4n) is 5.87. The minimum absolute atomic E-state index is 0.0104. The molecule has 67 heavy (non-hydrogen) atoms. The number of nitrogens with zero attached hydrogens (tertiary/aromatic N) is 3. The SMILES string of the molecule is CC(=N)NC(=O)CC(=O)O.CC(=O)c1cc(Br)ccc1N.CCc1cc(I)c(N)c(C(C)=O)c1.CCc1cc(I)c2nc(Cl)c(-c3nc(C)no3)c(C)c2c1.CCc1ccc(N)c(C(C)=O)c1. The summed E-state index contributed by atoms with van der Waals surface area (Å²) >= 11 is 14.1. The molecule has 9 N–H and O–H groups in total. The standard InChI is InChI=1S/C15H13ClIN3O.C10H12INO.C10H13NO.C8H8BrNO.C5H8N2O3/c1-4-9-5-10-7(2)12(15-18-8(3)20-21-15)14(16)19-13(10)11(17)6-9;1-3-7-4-8(6(2)13)10(12)9(11)5-7;1-3-8-4-5-10(11)9(6-8)7(2)12;1-5(11)7-4-6(9)2-3-8(7)10;1-3(6)7-4(8)2-5(9)10/h5-6H,4H2,1-3H3;4-5H,3,12H2,1-2H3;4-6H,3,11H2,1-2H3;2-4H,10H2,1H3;2H2,1H3,(H,9,10)(H2,6,7,8). The van der Waals surface area contributed by atoms with Gasteiger partial charge < -0.3 is 32.1 Å². The number of carbonyl (C=O) groups is 5. The number of carboxylic acids is 1. The lowest BCUT2D eigenvalue weighted by atomic mass is 10.0. The Kier molecular flexibility index (Phi) is 23.7. The second kappa shape index (κ2) is 27.5. The summed E-state index contributed by atoms with van der Waals surface area (Å²) < 4.78 is 8.19. The Labute approximate surface area is 430 Å². The number of pyridine rings is 1.